The van der Waals surface area contributed by atoms with Crippen molar-refractivity contribution in [1.82, 2.24) is 5.32 Å². The SMILES string of the molecule is O=C(O)[C@@H](Cc1ccccc1)NCCCCc1cccc(C(F)(F)F)c1. The summed E-state index contributed by atoms with van der Waals surface area (Å²) in [4.78, 5) is 11.4. The zero-order valence-electron chi connectivity index (χ0n) is 14.3. The molecule has 0 spiro atoms. The number of alkyl halides is 3. The monoisotopic (exact) mass is 365 g/mol. The van der Waals surface area contributed by atoms with Crippen molar-refractivity contribution >= 4 is 5.97 Å². The molecule has 0 aliphatic rings. The molecule has 0 aromatic heterocycles. The van der Waals surface area contributed by atoms with Crippen molar-refractivity contribution in [3.05, 3.63) is 71.3 Å². The van der Waals surface area contributed by atoms with Crippen molar-refractivity contribution in [2.75, 3.05) is 6.54 Å². The average molecular weight is 365 g/mol. The van der Waals surface area contributed by atoms with E-state index in [4.69, 9.17) is 0 Å². The lowest BCUT2D eigenvalue weighted by Gasteiger charge is -2.14. The number of benzene rings is 2. The number of hydrogen-bond acceptors (Lipinski definition) is 2. The molecule has 1 atom stereocenters. The molecule has 140 valence electrons. The zero-order chi connectivity index (χ0) is 19.0. The molecular formula is C20H22F3NO2. The van der Waals surface area contributed by atoms with Gasteiger partial charge in [0, 0.05) is 0 Å². The first kappa shape index (κ1) is 20.0. The molecule has 2 rings (SSSR count). The van der Waals surface area contributed by atoms with Crippen LogP contribution in [0, 0.1) is 0 Å². The molecule has 2 N–H and O–H groups in total. The molecule has 0 saturated carbocycles. The van der Waals surface area contributed by atoms with Gasteiger partial charge in [0.2, 0.25) is 0 Å². The fourth-order valence-electron chi connectivity index (χ4n) is 2.73. The highest BCUT2D eigenvalue weighted by atomic mass is 19.4. The van der Waals surface area contributed by atoms with Crippen LogP contribution in [0.5, 0.6) is 0 Å². The van der Waals surface area contributed by atoms with Crippen LogP contribution >= 0.6 is 0 Å². The maximum absolute atomic E-state index is 12.7. The summed E-state index contributed by atoms with van der Waals surface area (Å²) in [5, 5.41) is 12.3. The van der Waals surface area contributed by atoms with Crippen LogP contribution in [-0.4, -0.2) is 23.7 Å². The van der Waals surface area contributed by atoms with Gasteiger partial charge in [0.1, 0.15) is 6.04 Å². The second-order valence-corrected chi connectivity index (χ2v) is 6.19. The van der Waals surface area contributed by atoms with Gasteiger partial charge in [-0.15, -0.1) is 0 Å². The molecule has 3 nitrogen and oxygen atoms in total. The fourth-order valence-corrected chi connectivity index (χ4v) is 2.73. The van der Waals surface area contributed by atoms with Gasteiger partial charge in [-0.1, -0.05) is 48.5 Å². The minimum absolute atomic E-state index is 0.393. The van der Waals surface area contributed by atoms with Gasteiger partial charge in [-0.05, 0) is 49.4 Å². The summed E-state index contributed by atoms with van der Waals surface area (Å²) in [6.07, 6.45) is -2.03. The molecule has 0 aliphatic carbocycles. The summed E-state index contributed by atoms with van der Waals surface area (Å²) < 4.78 is 38.1. The molecule has 2 aromatic rings. The van der Waals surface area contributed by atoms with E-state index in [0.29, 0.717) is 37.8 Å². The number of halogens is 3. The second kappa shape index (κ2) is 9.38. The lowest BCUT2D eigenvalue weighted by atomic mass is 10.0. The molecule has 0 fully saturated rings. The van der Waals surface area contributed by atoms with Crippen LogP contribution in [0.3, 0.4) is 0 Å². The van der Waals surface area contributed by atoms with Crippen molar-refractivity contribution in [3.63, 3.8) is 0 Å². The summed E-state index contributed by atoms with van der Waals surface area (Å²) >= 11 is 0. The quantitative estimate of drug-likeness (QED) is 0.651. The van der Waals surface area contributed by atoms with E-state index in [2.05, 4.69) is 5.32 Å². The highest BCUT2D eigenvalue weighted by molar-refractivity contribution is 5.73. The van der Waals surface area contributed by atoms with Crippen molar-refractivity contribution in [2.24, 2.45) is 0 Å². The van der Waals surface area contributed by atoms with Gasteiger partial charge in [0.05, 0.1) is 5.56 Å². The Labute approximate surface area is 150 Å². The fraction of sp³-hybridized carbons (Fsp3) is 0.350. The maximum Gasteiger partial charge on any atom is 0.416 e. The van der Waals surface area contributed by atoms with E-state index in [1.807, 2.05) is 30.3 Å². The highest BCUT2D eigenvalue weighted by Crippen LogP contribution is 2.29. The van der Waals surface area contributed by atoms with E-state index in [1.165, 1.54) is 12.1 Å². The normalized spacial score (nSPS) is 12.7. The van der Waals surface area contributed by atoms with E-state index in [1.54, 1.807) is 6.07 Å². The highest BCUT2D eigenvalue weighted by Gasteiger charge is 2.30. The number of aryl methyl sites for hydroxylation is 1. The van der Waals surface area contributed by atoms with Crippen LogP contribution in [0.1, 0.15) is 29.5 Å². The Morgan fingerprint density at radius 1 is 1.00 bits per heavy atom. The van der Waals surface area contributed by atoms with E-state index < -0.39 is 23.8 Å². The van der Waals surface area contributed by atoms with Gasteiger partial charge >= 0.3 is 12.1 Å². The number of rotatable bonds is 9. The summed E-state index contributed by atoms with van der Waals surface area (Å²) in [6, 6.07) is 14.0. The Morgan fingerprint density at radius 3 is 2.35 bits per heavy atom. The summed E-state index contributed by atoms with van der Waals surface area (Å²) in [7, 11) is 0. The number of carbonyl (C=O) groups is 1. The van der Waals surface area contributed by atoms with E-state index in [9.17, 15) is 23.1 Å². The minimum atomic E-state index is -4.33. The third kappa shape index (κ3) is 6.52. The van der Waals surface area contributed by atoms with Crippen molar-refractivity contribution in [3.8, 4) is 0 Å². The zero-order valence-corrected chi connectivity index (χ0v) is 14.3. The predicted octanol–water partition coefficient (Wildman–Crippen LogP) is 4.31. The molecule has 0 bridgehead atoms. The van der Waals surface area contributed by atoms with Gasteiger partial charge in [-0.3, -0.25) is 4.79 Å². The third-order valence-corrected chi connectivity index (χ3v) is 4.12. The Kier molecular flexibility index (Phi) is 7.21. The number of unbranched alkanes of at least 4 members (excludes halogenated alkanes) is 1. The number of aliphatic carboxylic acids is 1. The number of hydrogen-bond donors (Lipinski definition) is 2. The van der Waals surface area contributed by atoms with Gasteiger partial charge in [0.15, 0.2) is 0 Å². The molecule has 0 saturated heterocycles. The summed E-state index contributed by atoms with van der Waals surface area (Å²) in [6.45, 7) is 0.503. The largest absolute Gasteiger partial charge is 0.480 e. The topological polar surface area (TPSA) is 49.3 Å². The first-order valence-electron chi connectivity index (χ1n) is 8.52. The maximum atomic E-state index is 12.7. The van der Waals surface area contributed by atoms with Gasteiger partial charge in [-0.25, -0.2) is 0 Å². The molecule has 26 heavy (non-hydrogen) atoms. The van der Waals surface area contributed by atoms with Crippen molar-refractivity contribution in [1.29, 1.82) is 0 Å². The average Bonchev–Trinajstić information content (AvgIpc) is 2.60. The molecule has 0 unspecified atom stereocenters. The van der Waals surface area contributed by atoms with Gasteiger partial charge in [0.25, 0.3) is 0 Å². The molecule has 0 radical (unpaired) electrons. The molecule has 0 heterocycles. The Balaban J connectivity index is 1.76. The molecule has 2 aromatic carbocycles. The van der Waals surface area contributed by atoms with Crippen LogP contribution in [-0.2, 0) is 23.8 Å². The van der Waals surface area contributed by atoms with Gasteiger partial charge in [-0.2, -0.15) is 13.2 Å². The van der Waals surface area contributed by atoms with Crippen LogP contribution < -0.4 is 5.32 Å². The first-order chi connectivity index (χ1) is 12.4. The number of nitrogens with one attached hydrogen (secondary N) is 1. The number of carboxylic acid groups (broad SMARTS) is 1. The van der Waals surface area contributed by atoms with Crippen LogP contribution in [0.4, 0.5) is 13.2 Å². The lowest BCUT2D eigenvalue weighted by molar-refractivity contribution is -0.139. The van der Waals surface area contributed by atoms with E-state index in [-0.39, 0.29) is 0 Å². The van der Waals surface area contributed by atoms with Crippen LogP contribution in [0.25, 0.3) is 0 Å². The van der Waals surface area contributed by atoms with Crippen LogP contribution in [0.15, 0.2) is 54.6 Å². The third-order valence-electron chi connectivity index (χ3n) is 4.12. The number of carboxylic acids is 1. The minimum Gasteiger partial charge on any atom is -0.480 e. The van der Waals surface area contributed by atoms with E-state index >= 15 is 0 Å². The van der Waals surface area contributed by atoms with Crippen molar-refractivity contribution < 1.29 is 23.1 Å². The Hall–Kier alpha value is -2.34. The standard InChI is InChI=1S/C20H22F3NO2/c21-20(22,23)17-11-6-10-15(13-17)9-4-5-12-24-18(19(25)26)14-16-7-2-1-3-8-16/h1-3,6-8,10-11,13,18,24H,4-5,9,12,14H2,(H,25,26)/t18-/m1/s1. The van der Waals surface area contributed by atoms with E-state index in [0.717, 1.165) is 11.6 Å². The van der Waals surface area contributed by atoms with Crippen LogP contribution in [0.2, 0.25) is 0 Å². The molecule has 6 heteroatoms. The first-order valence-corrected chi connectivity index (χ1v) is 8.52. The van der Waals surface area contributed by atoms with Crippen molar-refractivity contribution in [2.45, 2.75) is 37.9 Å². The lowest BCUT2D eigenvalue weighted by Crippen LogP contribution is -2.39. The summed E-state index contributed by atoms with van der Waals surface area (Å²) in [5.74, 6) is -0.910. The smallest absolute Gasteiger partial charge is 0.416 e. The second-order valence-electron chi connectivity index (χ2n) is 6.19. The Morgan fingerprint density at radius 2 is 1.69 bits per heavy atom. The molecule has 0 aliphatic heterocycles. The Bertz CT molecular complexity index is 702. The summed E-state index contributed by atoms with van der Waals surface area (Å²) in [5.41, 5.74) is 0.942. The molecule has 0 amide bonds. The van der Waals surface area contributed by atoms with Gasteiger partial charge < -0.3 is 10.4 Å². The molecular weight excluding hydrogens is 343 g/mol. The predicted molar refractivity (Wildman–Crippen MR) is 94.0 cm³/mol.